The first-order valence-corrected chi connectivity index (χ1v) is 8.30. The molecule has 0 aromatic heterocycles. The van der Waals surface area contributed by atoms with Gasteiger partial charge in [0, 0.05) is 32.5 Å². The van der Waals surface area contributed by atoms with E-state index in [1.165, 1.54) is 16.7 Å². The molecule has 3 amide bonds. The van der Waals surface area contributed by atoms with E-state index in [1.54, 1.807) is 14.0 Å². The molecule has 1 aliphatic carbocycles. The summed E-state index contributed by atoms with van der Waals surface area (Å²) in [6.07, 6.45) is 2.86. The van der Waals surface area contributed by atoms with Gasteiger partial charge in [-0.3, -0.25) is 4.79 Å². The summed E-state index contributed by atoms with van der Waals surface area (Å²) < 4.78 is 0. The molecule has 1 fully saturated rings. The predicted molar refractivity (Wildman–Crippen MR) is 89.3 cm³/mol. The summed E-state index contributed by atoms with van der Waals surface area (Å²) >= 11 is 0. The van der Waals surface area contributed by atoms with Crippen molar-refractivity contribution < 1.29 is 9.59 Å². The molecule has 1 aromatic rings. The Morgan fingerprint density at radius 1 is 1.26 bits per heavy atom. The van der Waals surface area contributed by atoms with E-state index in [2.05, 4.69) is 35.8 Å². The molecule has 5 heteroatoms. The number of nitrogens with one attached hydrogen (secondary N) is 2. The summed E-state index contributed by atoms with van der Waals surface area (Å²) in [6, 6.07) is 6.48. The first kappa shape index (κ1) is 15.8. The van der Waals surface area contributed by atoms with Gasteiger partial charge in [0.05, 0.1) is 6.04 Å². The van der Waals surface area contributed by atoms with Gasteiger partial charge in [-0.25, -0.2) is 4.79 Å². The molecule has 1 heterocycles. The van der Waals surface area contributed by atoms with Gasteiger partial charge in [-0.1, -0.05) is 23.8 Å². The molecule has 2 N–H and O–H groups in total. The molecule has 124 valence electrons. The normalized spacial score (nSPS) is 21.9. The van der Waals surface area contributed by atoms with Crippen LogP contribution >= 0.6 is 0 Å². The van der Waals surface area contributed by atoms with Gasteiger partial charge >= 0.3 is 6.03 Å². The predicted octanol–water partition coefficient (Wildman–Crippen LogP) is 2.25. The largest absolute Gasteiger partial charge is 0.343 e. The smallest absolute Gasteiger partial charge is 0.315 e. The van der Waals surface area contributed by atoms with Crippen molar-refractivity contribution in [2.24, 2.45) is 0 Å². The first-order chi connectivity index (χ1) is 10.9. The van der Waals surface area contributed by atoms with Crippen molar-refractivity contribution in [3.8, 4) is 0 Å². The SMILES string of the molecule is CNC(=O)N[C@H]1CC2(CCN(C(C)=O)CC2)c2ccc(C)cc21. The van der Waals surface area contributed by atoms with Gasteiger partial charge in [-0.15, -0.1) is 0 Å². The third-order valence-corrected chi connectivity index (χ3v) is 5.45. The number of carbonyl (C=O) groups excluding carboxylic acids is 2. The summed E-state index contributed by atoms with van der Waals surface area (Å²) in [5.41, 5.74) is 3.89. The Kier molecular flexibility index (Phi) is 4.04. The van der Waals surface area contributed by atoms with Crippen LogP contribution in [0.25, 0.3) is 0 Å². The van der Waals surface area contributed by atoms with Crippen molar-refractivity contribution in [3.63, 3.8) is 0 Å². The molecule has 2 aliphatic rings. The Hall–Kier alpha value is -2.04. The summed E-state index contributed by atoms with van der Waals surface area (Å²) in [4.78, 5) is 25.3. The van der Waals surface area contributed by atoms with Gasteiger partial charge in [0.25, 0.3) is 0 Å². The average molecular weight is 315 g/mol. The maximum Gasteiger partial charge on any atom is 0.315 e. The zero-order valence-corrected chi connectivity index (χ0v) is 14.1. The lowest BCUT2D eigenvalue weighted by atomic mass is 9.73. The number of hydrogen-bond acceptors (Lipinski definition) is 2. The molecule has 0 radical (unpaired) electrons. The van der Waals surface area contributed by atoms with Crippen LogP contribution in [0.15, 0.2) is 18.2 Å². The van der Waals surface area contributed by atoms with Crippen molar-refractivity contribution in [2.45, 2.75) is 44.6 Å². The number of fused-ring (bicyclic) bond motifs is 2. The quantitative estimate of drug-likeness (QED) is 0.835. The highest BCUT2D eigenvalue weighted by Crippen LogP contribution is 2.50. The number of amides is 3. The summed E-state index contributed by atoms with van der Waals surface area (Å²) in [7, 11) is 1.64. The highest BCUT2D eigenvalue weighted by Gasteiger charge is 2.46. The number of rotatable bonds is 1. The van der Waals surface area contributed by atoms with E-state index in [4.69, 9.17) is 0 Å². The molecule has 1 spiro atoms. The van der Waals surface area contributed by atoms with Crippen molar-refractivity contribution in [3.05, 3.63) is 34.9 Å². The highest BCUT2D eigenvalue weighted by molar-refractivity contribution is 5.75. The molecule has 0 bridgehead atoms. The number of aryl methyl sites for hydroxylation is 1. The second kappa shape index (κ2) is 5.87. The van der Waals surface area contributed by atoms with E-state index in [0.717, 1.165) is 32.4 Å². The minimum absolute atomic E-state index is 0.0497. The van der Waals surface area contributed by atoms with Gasteiger partial charge in [0.15, 0.2) is 0 Å². The number of nitrogens with zero attached hydrogens (tertiary/aromatic N) is 1. The van der Waals surface area contributed by atoms with E-state index in [-0.39, 0.29) is 23.4 Å². The van der Waals surface area contributed by atoms with Gasteiger partial charge in [-0.2, -0.15) is 0 Å². The fourth-order valence-electron chi connectivity index (χ4n) is 4.15. The third-order valence-electron chi connectivity index (χ3n) is 5.45. The van der Waals surface area contributed by atoms with E-state index >= 15 is 0 Å². The van der Waals surface area contributed by atoms with Gasteiger partial charge in [0.1, 0.15) is 0 Å². The van der Waals surface area contributed by atoms with Gasteiger partial charge in [0.2, 0.25) is 5.91 Å². The Bertz CT molecular complexity index is 633. The zero-order valence-electron chi connectivity index (χ0n) is 14.1. The van der Waals surface area contributed by atoms with Crippen molar-refractivity contribution >= 4 is 11.9 Å². The molecular formula is C18H25N3O2. The van der Waals surface area contributed by atoms with Gasteiger partial charge in [-0.05, 0) is 37.3 Å². The maximum absolute atomic E-state index is 11.8. The lowest BCUT2D eigenvalue weighted by Gasteiger charge is -2.40. The molecule has 1 saturated heterocycles. The Morgan fingerprint density at radius 2 is 1.96 bits per heavy atom. The summed E-state index contributed by atoms with van der Waals surface area (Å²) in [5.74, 6) is 0.155. The standard InChI is InChI=1S/C18H25N3O2/c1-12-4-5-15-14(10-12)16(20-17(23)19-3)11-18(15)6-8-21(9-7-18)13(2)22/h4-5,10,16H,6-9,11H2,1-3H3,(H2,19,20,23)/t16-/m0/s1. The lowest BCUT2D eigenvalue weighted by Crippen LogP contribution is -2.44. The fraction of sp³-hybridized carbons (Fsp3) is 0.556. The van der Waals surface area contributed by atoms with Crippen LogP contribution in [0.5, 0.6) is 0 Å². The maximum atomic E-state index is 11.8. The third kappa shape index (κ3) is 2.80. The summed E-state index contributed by atoms with van der Waals surface area (Å²) in [5, 5.41) is 5.73. The minimum Gasteiger partial charge on any atom is -0.343 e. The number of benzene rings is 1. The topological polar surface area (TPSA) is 61.4 Å². The summed E-state index contributed by atoms with van der Waals surface area (Å²) in [6.45, 7) is 5.32. The van der Waals surface area contributed by atoms with Crippen LogP contribution in [0.4, 0.5) is 4.79 Å². The Labute approximate surface area is 137 Å². The highest BCUT2D eigenvalue weighted by atomic mass is 16.2. The van der Waals surface area contributed by atoms with Crippen molar-refractivity contribution in [1.29, 1.82) is 0 Å². The fourth-order valence-corrected chi connectivity index (χ4v) is 4.15. The van der Waals surface area contributed by atoms with E-state index < -0.39 is 0 Å². The number of piperidine rings is 1. The van der Waals surface area contributed by atoms with Crippen LogP contribution in [0.2, 0.25) is 0 Å². The van der Waals surface area contributed by atoms with Crippen LogP contribution in [-0.4, -0.2) is 37.0 Å². The zero-order chi connectivity index (χ0) is 16.6. The van der Waals surface area contributed by atoms with E-state index in [9.17, 15) is 9.59 Å². The van der Waals surface area contributed by atoms with Crippen LogP contribution in [0.3, 0.4) is 0 Å². The molecule has 1 atom stereocenters. The number of likely N-dealkylation sites (tertiary alicyclic amines) is 1. The molecular weight excluding hydrogens is 290 g/mol. The van der Waals surface area contributed by atoms with Crippen LogP contribution in [0, 0.1) is 6.92 Å². The monoisotopic (exact) mass is 315 g/mol. The Morgan fingerprint density at radius 3 is 2.57 bits per heavy atom. The van der Waals surface area contributed by atoms with Crippen LogP contribution in [-0.2, 0) is 10.2 Å². The average Bonchev–Trinajstić information content (AvgIpc) is 2.80. The van der Waals surface area contributed by atoms with Crippen LogP contribution in [0.1, 0.15) is 48.9 Å². The number of carbonyl (C=O) groups is 2. The molecule has 5 nitrogen and oxygen atoms in total. The second-order valence-electron chi connectivity index (χ2n) is 6.86. The molecule has 0 unspecified atom stereocenters. The van der Waals surface area contributed by atoms with Crippen LogP contribution < -0.4 is 10.6 Å². The molecule has 23 heavy (non-hydrogen) atoms. The molecule has 0 saturated carbocycles. The van der Waals surface area contributed by atoms with Gasteiger partial charge < -0.3 is 15.5 Å². The van der Waals surface area contributed by atoms with E-state index in [1.807, 2.05) is 4.90 Å². The van der Waals surface area contributed by atoms with Crippen molar-refractivity contribution in [2.75, 3.05) is 20.1 Å². The first-order valence-electron chi connectivity index (χ1n) is 8.30. The number of hydrogen-bond donors (Lipinski definition) is 2. The van der Waals surface area contributed by atoms with Crippen molar-refractivity contribution in [1.82, 2.24) is 15.5 Å². The lowest BCUT2D eigenvalue weighted by molar-refractivity contribution is -0.130. The van der Waals surface area contributed by atoms with E-state index in [0.29, 0.717) is 0 Å². The second-order valence-corrected chi connectivity index (χ2v) is 6.86. The molecule has 1 aromatic carbocycles. The number of urea groups is 1. The molecule has 3 rings (SSSR count). The minimum atomic E-state index is -0.138. The Balaban J connectivity index is 1.89. The molecule has 1 aliphatic heterocycles.